The van der Waals surface area contributed by atoms with Gasteiger partial charge in [0.05, 0.1) is 25.0 Å². The van der Waals surface area contributed by atoms with Crippen molar-refractivity contribution in [2.45, 2.75) is 297 Å². The molecule has 7 unspecified atom stereocenters. The summed E-state index contributed by atoms with van der Waals surface area (Å²) in [6.07, 6.45) is 18.4. The minimum atomic E-state index is -2.55. The summed E-state index contributed by atoms with van der Waals surface area (Å²) in [6, 6.07) is 34.2. The van der Waals surface area contributed by atoms with Gasteiger partial charge in [-0.15, -0.1) is 11.3 Å². The summed E-state index contributed by atoms with van der Waals surface area (Å²) in [7, 11) is 1.64. The third-order valence-electron chi connectivity index (χ3n) is 23.0. The standard InChI is InChI=1S/C14H18F3N.C14H20FNO.2C13H17ClFN.C13H19FN2.C13H20N2.C12H19NS/c1-9(2)18-7-3-4-13(18)12-8-10(15)5-6-11(12)14(16)17;1-10(2)16-8-4-5-13(16)12-9-11(15)6-7-14(12)17-3;1-9(2)16-7-3-4-13(16)11-8-10(15)5-6-12(11)14;1-9(2)16-5-3-4-13(16)10-6-11(14)8-12(15)7-10;1-13(2,3)16-6-4-5-12(16)10-7-11(14)9-15-8-10;1-13(2,3)15-10-6-8-12(15)11-7-4-5-9-14-11;1-12(2,3)13-8-4-6-10(13)11-7-5-9-14-11/h5-6,8-9,13-14H,3-4,7H2,1-2H3;6-7,9-10,13H,4-5,8H2,1-3H3;5-6,8-9,13H,3-4,7H2,1-2H3;6-9,13H,3-5H2,1-2H3;7-9,12H,4-6H2,1-3H3;4-5,7,9,12H,6,8,10H2,1-3H3;5,7,9-10H,4,6,8H2,1-3H3. The van der Waals surface area contributed by atoms with E-state index in [2.05, 4.69) is 178 Å². The first-order chi connectivity index (χ1) is 53.0. The number of benzene rings is 4. The smallest absolute Gasteiger partial charge is 0.264 e. The molecule has 112 heavy (non-hydrogen) atoms. The summed E-state index contributed by atoms with van der Waals surface area (Å²) in [5.74, 6) is -0.503. The van der Waals surface area contributed by atoms with E-state index in [-0.39, 0.29) is 58.0 Å². The van der Waals surface area contributed by atoms with E-state index in [0.29, 0.717) is 69.5 Å². The summed E-state index contributed by atoms with van der Waals surface area (Å²) >= 11 is 13.9. The van der Waals surface area contributed by atoms with Crippen LogP contribution in [0.5, 0.6) is 5.75 Å². The number of aromatic nitrogens is 2. The van der Waals surface area contributed by atoms with E-state index in [1.54, 1.807) is 49.7 Å². The molecule has 7 fully saturated rings. The predicted octanol–water partition coefficient (Wildman–Crippen LogP) is 25.6. The number of hydrogen-bond acceptors (Lipinski definition) is 11. The van der Waals surface area contributed by atoms with E-state index in [9.17, 15) is 30.7 Å². The molecular weight excluding hydrogens is 1480 g/mol. The van der Waals surface area contributed by atoms with E-state index in [0.717, 1.165) is 112 Å². The molecule has 0 bridgehead atoms. The Morgan fingerprint density at radius 3 is 1.34 bits per heavy atom. The molecule has 0 amide bonds. The Hall–Kier alpha value is -5.51. The van der Waals surface area contributed by atoms with Gasteiger partial charge in [0.2, 0.25) is 0 Å². The van der Waals surface area contributed by atoms with E-state index in [4.69, 9.17) is 27.9 Å². The number of methoxy groups -OCH3 is 1. The van der Waals surface area contributed by atoms with Crippen LogP contribution in [-0.4, -0.2) is 138 Å². The van der Waals surface area contributed by atoms with Gasteiger partial charge in [0.15, 0.2) is 0 Å². The highest BCUT2D eigenvalue weighted by atomic mass is 35.5. The summed E-state index contributed by atoms with van der Waals surface area (Å²) in [5.41, 5.74) is 6.28. The minimum Gasteiger partial charge on any atom is -0.496 e. The van der Waals surface area contributed by atoms with E-state index in [1.807, 2.05) is 43.5 Å². The van der Waals surface area contributed by atoms with Gasteiger partial charge in [0.1, 0.15) is 34.8 Å². The van der Waals surface area contributed by atoms with Crippen LogP contribution in [0.1, 0.15) is 300 Å². The minimum absolute atomic E-state index is 0.0334. The molecule has 7 saturated heterocycles. The average Bonchev–Trinajstić information content (AvgIpc) is 1.78. The van der Waals surface area contributed by atoms with Crippen LogP contribution in [0, 0.1) is 29.1 Å². The third-order valence-corrected chi connectivity index (χ3v) is 24.5. The Kier molecular flexibility index (Phi) is 35.0. The molecule has 7 aromatic rings. The number of likely N-dealkylation sites (tertiary alicyclic amines) is 7. The Balaban J connectivity index is 0.000000164. The highest BCUT2D eigenvalue weighted by molar-refractivity contribution is 7.10. The number of alkyl halides is 2. The maximum absolute atomic E-state index is 13.4. The van der Waals surface area contributed by atoms with Crippen LogP contribution in [-0.2, 0) is 0 Å². The number of hydrogen-bond donors (Lipinski definition) is 0. The second kappa shape index (κ2) is 42.6. The molecule has 4 aromatic carbocycles. The monoisotopic (exact) mass is 1610 g/mol. The molecule has 20 heteroatoms. The first-order valence-corrected chi connectivity index (χ1v) is 42.8. The topological polar surface area (TPSA) is 57.7 Å². The number of nitrogens with zero attached hydrogens (tertiary/aromatic N) is 9. The Labute approximate surface area is 682 Å². The molecule has 0 N–H and O–H groups in total. The molecule has 14 rings (SSSR count). The Morgan fingerprint density at radius 2 is 0.857 bits per heavy atom. The fourth-order valence-corrected chi connectivity index (χ4v) is 19.2. The van der Waals surface area contributed by atoms with Crippen LogP contribution >= 0.6 is 34.5 Å². The maximum Gasteiger partial charge on any atom is 0.264 e. The van der Waals surface area contributed by atoms with Gasteiger partial charge >= 0.3 is 0 Å². The highest BCUT2D eigenvalue weighted by Gasteiger charge is 2.39. The quantitative estimate of drug-likeness (QED) is 0.104. The molecule has 0 radical (unpaired) electrons. The van der Waals surface area contributed by atoms with Crippen molar-refractivity contribution in [3.8, 4) is 5.75 Å². The molecule has 10 heterocycles. The summed E-state index contributed by atoms with van der Waals surface area (Å²) in [6.45, 7) is 45.3. The van der Waals surface area contributed by atoms with Crippen LogP contribution in [0.3, 0.4) is 0 Å². The van der Waals surface area contributed by atoms with Crippen LogP contribution < -0.4 is 4.74 Å². The fourth-order valence-electron chi connectivity index (χ4n) is 17.8. The first kappa shape index (κ1) is 92.0. The van der Waals surface area contributed by atoms with Crippen molar-refractivity contribution in [3.05, 3.63) is 216 Å². The molecule has 0 spiro atoms. The summed E-state index contributed by atoms with van der Waals surface area (Å²) in [5, 5.41) is 3.36. The van der Waals surface area contributed by atoms with Crippen molar-refractivity contribution in [1.82, 2.24) is 44.3 Å². The average molecular weight is 1610 g/mol. The van der Waals surface area contributed by atoms with Gasteiger partial charge in [0, 0.05) is 115 Å². The van der Waals surface area contributed by atoms with Crippen LogP contribution in [0.4, 0.5) is 30.7 Å². The maximum atomic E-state index is 13.4. The lowest BCUT2D eigenvalue weighted by molar-refractivity contribution is 0.119. The zero-order valence-corrected chi connectivity index (χ0v) is 72.6. The number of pyridine rings is 2. The van der Waals surface area contributed by atoms with Crippen LogP contribution in [0.25, 0.3) is 0 Å². The van der Waals surface area contributed by atoms with Gasteiger partial charge in [-0.05, 0) is 372 Å². The van der Waals surface area contributed by atoms with Gasteiger partial charge in [-0.2, -0.15) is 0 Å². The Bertz CT molecular complexity index is 3940. The zero-order chi connectivity index (χ0) is 81.9. The van der Waals surface area contributed by atoms with Crippen molar-refractivity contribution in [2.24, 2.45) is 0 Å². The van der Waals surface area contributed by atoms with Crippen molar-refractivity contribution < 1.29 is 35.5 Å². The fraction of sp³-hybridized carbons (Fsp3) is 0.587. The summed E-state index contributed by atoms with van der Waals surface area (Å²) in [4.78, 5) is 27.0. The third kappa shape index (κ3) is 25.7. The van der Waals surface area contributed by atoms with E-state index in [1.165, 1.54) is 105 Å². The molecule has 7 aliphatic rings. The predicted molar refractivity (Wildman–Crippen MR) is 450 cm³/mol. The lowest BCUT2D eigenvalue weighted by Crippen LogP contribution is -2.40. The molecule has 7 aliphatic heterocycles. The number of halogens is 9. The SMILES string of the molecule is CC(C)(C)N1CCCC1c1ccccn1.CC(C)(C)N1CCCC1c1cccs1.CC(C)(C)N1CCCC1c1cncc(F)c1.CC(C)N1CCCC1c1cc(F)cc(Cl)c1.CC(C)N1CCCC1c1cc(F)ccc1C(F)F.CC(C)N1CCCC1c1cc(F)ccc1Cl.COc1ccc(F)cc1C1CCCN1C(C)C. The Morgan fingerprint density at radius 1 is 0.420 bits per heavy atom. The second-order valence-electron chi connectivity index (χ2n) is 35.1. The molecule has 618 valence electrons. The van der Waals surface area contributed by atoms with E-state index >= 15 is 0 Å². The lowest BCUT2D eigenvalue weighted by atomic mass is 9.97. The normalized spacial score (nSPS) is 22.3. The number of thiophene rings is 1. The zero-order valence-electron chi connectivity index (χ0n) is 70.2. The molecule has 7 atom stereocenters. The largest absolute Gasteiger partial charge is 0.496 e. The van der Waals surface area contributed by atoms with E-state index < -0.39 is 12.2 Å². The summed E-state index contributed by atoms with van der Waals surface area (Å²) < 4.78 is 97.8. The van der Waals surface area contributed by atoms with Gasteiger partial charge in [0.25, 0.3) is 6.43 Å². The highest BCUT2D eigenvalue weighted by Crippen LogP contribution is 2.45. The molecular formula is C92H130Cl2F7N9OS. The molecule has 10 nitrogen and oxygen atoms in total. The molecule has 0 saturated carbocycles. The van der Waals surface area contributed by atoms with Gasteiger partial charge in [-0.1, -0.05) is 41.4 Å². The van der Waals surface area contributed by atoms with Gasteiger partial charge in [-0.3, -0.25) is 44.3 Å². The van der Waals surface area contributed by atoms with Crippen molar-refractivity contribution in [2.75, 3.05) is 52.9 Å². The second-order valence-corrected chi connectivity index (χ2v) is 36.9. The van der Waals surface area contributed by atoms with Crippen molar-refractivity contribution in [1.29, 1.82) is 0 Å². The number of rotatable bonds is 13. The van der Waals surface area contributed by atoms with Gasteiger partial charge < -0.3 is 4.74 Å². The van der Waals surface area contributed by atoms with Crippen molar-refractivity contribution in [3.63, 3.8) is 0 Å². The number of ether oxygens (including phenoxy) is 1. The van der Waals surface area contributed by atoms with Gasteiger partial charge in [-0.25, -0.2) is 30.7 Å². The molecule has 0 aliphatic carbocycles. The van der Waals surface area contributed by atoms with Crippen LogP contribution in [0.15, 0.2) is 133 Å². The lowest BCUT2D eigenvalue weighted by Gasteiger charge is -2.37. The van der Waals surface area contributed by atoms with Crippen molar-refractivity contribution >= 4 is 34.5 Å². The first-order valence-electron chi connectivity index (χ1n) is 41.2. The van der Waals surface area contributed by atoms with Crippen LogP contribution in [0.2, 0.25) is 10.0 Å². The molecule has 3 aromatic heterocycles.